The first kappa shape index (κ1) is 16.6. The Labute approximate surface area is 121 Å². The summed E-state index contributed by atoms with van der Waals surface area (Å²) in [6.45, 7) is 5.26. The zero-order valence-electron chi connectivity index (χ0n) is 11.6. The van der Waals surface area contributed by atoms with Crippen molar-refractivity contribution in [2.45, 2.75) is 37.5 Å². The van der Waals surface area contributed by atoms with Crippen LogP contribution in [0.15, 0.2) is 0 Å². The quantitative estimate of drug-likeness (QED) is 0.710. The second-order valence-corrected chi connectivity index (χ2v) is 7.09. The monoisotopic (exact) mass is 304 g/mol. The van der Waals surface area contributed by atoms with E-state index in [4.69, 9.17) is 10.2 Å². The van der Waals surface area contributed by atoms with Gasteiger partial charge in [0.05, 0.1) is 6.42 Å². The van der Waals surface area contributed by atoms with Crippen LogP contribution in [0.4, 0.5) is 4.79 Å². The lowest BCUT2D eigenvalue weighted by Gasteiger charge is -2.24. The van der Waals surface area contributed by atoms with Gasteiger partial charge in [-0.05, 0) is 6.42 Å². The van der Waals surface area contributed by atoms with Gasteiger partial charge >= 0.3 is 18.0 Å². The number of rotatable bonds is 4. The molecule has 2 amide bonds. The Balaban J connectivity index is 2.60. The standard InChI is InChI=1S/C12H20N2O5S/c1-12(2)3-4-14(5-6-20-12)11(19)13-8(10(17)18)7-9(15)16/h8H,3-7H2,1-2H3,(H,13,19)(H,15,16)(H,17,18)/t8-/m1/s1. The van der Waals surface area contributed by atoms with Gasteiger partial charge in [-0.3, -0.25) is 4.79 Å². The van der Waals surface area contributed by atoms with Crippen molar-refractivity contribution in [3.63, 3.8) is 0 Å². The van der Waals surface area contributed by atoms with E-state index in [0.717, 1.165) is 12.2 Å². The first-order valence-electron chi connectivity index (χ1n) is 6.35. The molecule has 0 radical (unpaired) electrons. The van der Waals surface area contributed by atoms with Gasteiger partial charge in [0.1, 0.15) is 6.04 Å². The number of thioether (sulfide) groups is 1. The third kappa shape index (κ3) is 5.28. The average molecular weight is 304 g/mol. The van der Waals surface area contributed by atoms with E-state index in [9.17, 15) is 14.4 Å². The Hall–Kier alpha value is -1.44. The molecule has 0 spiro atoms. The topological polar surface area (TPSA) is 107 Å². The molecule has 1 atom stereocenters. The van der Waals surface area contributed by atoms with Crippen LogP contribution in [0.1, 0.15) is 26.7 Å². The molecule has 0 bridgehead atoms. The molecule has 0 aromatic rings. The van der Waals surface area contributed by atoms with Gasteiger partial charge in [0.25, 0.3) is 0 Å². The average Bonchev–Trinajstić information content (AvgIpc) is 2.48. The van der Waals surface area contributed by atoms with E-state index in [-0.39, 0.29) is 4.75 Å². The number of nitrogens with zero attached hydrogens (tertiary/aromatic N) is 1. The van der Waals surface area contributed by atoms with Crippen LogP contribution in [0.25, 0.3) is 0 Å². The van der Waals surface area contributed by atoms with E-state index in [1.807, 2.05) is 0 Å². The zero-order valence-corrected chi connectivity index (χ0v) is 12.4. The molecule has 0 aliphatic carbocycles. The van der Waals surface area contributed by atoms with Crippen LogP contribution in [0.3, 0.4) is 0 Å². The highest BCUT2D eigenvalue weighted by Gasteiger charge is 2.29. The minimum Gasteiger partial charge on any atom is -0.481 e. The molecule has 7 nitrogen and oxygen atoms in total. The zero-order chi connectivity index (χ0) is 15.3. The molecule has 1 rings (SSSR count). The van der Waals surface area contributed by atoms with Crippen molar-refractivity contribution >= 4 is 29.7 Å². The highest BCUT2D eigenvalue weighted by atomic mass is 32.2. The summed E-state index contributed by atoms with van der Waals surface area (Å²) < 4.78 is 0.0856. The van der Waals surface area contributed by atoms with Crippen molar-refractivity contribution in [2.75, 3.05) is 18.8 Å². The molecule has 3 N–H and O–H groups in total. The second-order valence-electron chi connectivity index (χ2n) is 5.28. The minimum atomic E-state index is -1.40. The summed E-state index contributed by atoms with van der Waals surface area (Å²) in [5, 5.41) is 19.8. The first-order valence-corrected chi connectivity index (χ1v) is 7.34. The predicted octanol–water partition coefficient (Wildman–Crippen LogP) is 0.841. The van der Waals surface area contributed by atoms with Crippen LogP contribution < -0.4 is 5.32 Å². The molecule has 0 saturated carbocycles. The van der Waals surface area contributed by atoms with Crippen LogP contribution in [-0.4, -0.2) is 62.7 Å². The number of amides is 2. The smallest absolute Gasteiger partial charge is 0.326 e. The second kappa shape index (κ2) is 6.83. The molecule has 114 valence electrons. The number of carbonyl (C=O) groups excluding carboxylic acids is 1. The van der Waals surface area contributed by atoms with E-state index in [1.54, 1.807) is 16.7 Å². The molecule has 8 heteroatoms. The van der Waals surface area contributed by atoms with Gasteiger partial charge in [0.2, 0.25) is 0 Å². The molecule has 1 aliphatic heterocycles. The Morgan fingerprint density at radius 1 is 1.30 bits per heavy atom. The summed E-state index contributed by atoms with van der Waals surface area (Å²) in [4.78, 5) is 35.1. The van der Waals surface area contributed by atoms with Gasteiger partial charge in [-0.1, -0.05) is 13.8 Å². The molecule has 0 aromatic heterocycles. The maximum absolute atomic E-state index is 12.0. The van der Waals surface area contributed by atoms with Gasteiger partial charge in [-0.2, -0.15) is 11.8 Å². The molecular weight excluding hydrogens is 284 g/mol. The third-order valence-electron chi connectivity index (χ3n) is 3.10. The van der Waals surface area contributed by atoms with E-state index >= 15 is 0 Å². The summed E-state index contributed by atoms with van der Waals surface area (Å²) in [5.74, 6) is -1.83. The number of carbonyl (C=O) groups is 3. The maximum atomic E-state index is 12.0. The number of carboxylic acid groups (broad SMARTS) is 2. The molecule has 1 fully saturated rings. The Bertz CT molecular complexity index is 399. The predicted molar refractivity (Wildman–Crippen MR) is 74.9 cm³/mol. The Kier molecular flexibility index (Phi) is 5.67. The lowest BCUT2D eigenvalue weighted by atomic mass is 10.1. The molecule has 0 unspecified atom stereocenters. The fourth-order valence-corrected chi connectivity index (χ4v) is 2.94. The maximum Gasteiger partial charge on any atom is 0.326 e. The third-order valence-corrected chi connectivity index (χ3v) is 4.47. The Morgan fingerprint density at radius 2 is 1.95 bits per heavy atom. The Morgan fingerprint density at radius 3 is 2.50 bits per heavy atom. The highest BCUT2D eigenvalue weighted by Crippen LogP contribution is 2.30. The van der Waals surface area contributed by atoms with E-state index < -0.39 is 30.4 Å². The van der Waals surface area contributed by atoms with E-state index in [0.29, 0.717) is 13.1 Å². The summed E-state index contributed by atoms with van der Waals surface area (Å²) in [6.07, 6.45) is 0.177. The fourth-order valence-electron chi connectivity index (χ4n) is 1.84. The van der Waals surface area contributed by atoms with E-state index in [2.05, 4.69) is 19.2 Å². The number of urea groups is 1. The normalized spacial score (nSPS) is 19.8. The number of hydrogen-bond acceptors (Lipinski definition) is 4. The number of nitrogens with one attached hydrogen (secondary N) is 1. The largest absolute Gasteiger partial charge is 0.481 e. The molecule has 1 heterocycles. The fraction of sp³-hybridized carbons (Fsp3) is 0.750. The van der Waals surface area contributed by atoms with Crippen LogP contribution in [0.5, 0.6) is 0 Å². The molecule has 1 saturated heterocycles. The van der Waals surface area contributed by atoms with Crippen LogP contribution in [-0.2, 0) is 9.59 Å². The molecular formula is C12H20N2O5S. The highest BCUT2D eigenvalue weighted by molar-refractivity contribution is 8.00. The first-order chi connectivity index (χ1) is 9.21. The molecule has 0 aromatic carbocycles. The molecule has 20 heavy (non-hydrogen) atoms. The number of aliphatic carboxylic acids is 2. The lowest BCUT2D eigenvalue weighted by molar-refractivity contribution is -0.145. The van der Waals surface area contributed by atoms with Crippen molar-refractivity contribution in [3.8, 4) is 0 Å². The summed E-state index contributed by atoms with van der Waals surface area (Å²) in [6, 6.07) is -1.92. The SMILES string of the molecule is CC1(C)CCN(C(=O)N[C@H](CC(=O)O)C(=O)O)CCS1. The summed E-state index contributed by atoms with van der Waals surface area (Å²) in [5.41, 5.74) is 0. The van der Waals surface area contributed by atoms with Gasteiger partial charge in [0.15, 0.2) is 0 Å². The number of hydrogen-bond donors (Lipinski definition) is 3. The van der Waals surface area contributed by atoms with Crippen molar-refractivity contribution in [1.82, 2.24) is 10.2 Å². The summed E-state index contributed by atoms with van der Waals surface area (Å²) in [7, 11) is 0. The van der Waals surface area contributed by atoms with Crippen molar-refractivity contribution in [1.29, 1.82) is 0 Å². The van der Waals surface area contributed by atoms with Crippen molar-refractivity contribution < 1.29 is 24.6 Å². The van der Waals surface area contributed by atoms with Crippen LogP contribution in [0.2, 0.25) is 0 Å². The number of carboxylic acids is 2. The molecule has 1 aliphatic rings. The van der Waals surface area contributed by atoms with Gasteiger partial charge in [0, 0.05) is 23.6 Å². The van der Waals surface area contributed by atoms with Gasteiger partial charge in [-0.15, -0.1) is 0 Å². The van der Waals surface area contributed by atoms with Crippen molar-refractivity contribution in [2.24, 2.45) is 0 Å². The van der Waals surface area contributed by atoms with Gasteiger partial charge in [-0.25, -0.2) is 9.59 Å². The minimum absolute atomic E-state index is 0.0856. The summed E-state index contributed by atoms with van der Waals surface area (Å²) >= 11 is 1.77. The van der Waals surface area contributed by atoms with E-state index in [1.165, 1.54) is 0 Å². The van der Waals surface area contributed by atoms with Crippen LogP contribution >= 0.6 is 11.8 Å². The lowest BCUT2D eigenvalue weighted by Crippen LogP contribution is -2.49. The van der Waals surface area contributed by atoms with Gasteiger partial charge < -0.3 is 20.4 Å². The van der Waals surface area contributed by atoms with Crippen LogP contribution in [0, 0.1) is 0 Å². The van der Waals surface area contributed by atoms with Crippen molar-refractivity contribution in [3.05, 3.63) is 0 Å².